The number of allylic oxidation sites excluding steroid dienone is 1. The maximum atomic E-state index is 11.1. The molecule has 0 aliphatic heterocycles. The zero-order valence-corrected chi connectivity index (χ0v) is 12.1. The van der Waals surface area contributed by atoms with E-state index in [1.807, 2.05) is 36.5 Å². The van der Waals surface area contributed by atoms with Crippen LogP contribution < -0.4 is 0 Å². The molecule has 2 aromatic rings. The predicted octanol–water partition coefficient (Wildman–Crippen LogP) is 3.52. The van der Waals surface area contributed by atoms with Crippen LogP contribution in [0.5, 0.6) is 0 Å². The van der Waals surface area contributed by atoms with Gasteiger partial charge in [-0.15, -0.1) is 0 Å². The van der Waals surface area contributed by atoms with Crippen molar-refractivity contribution in [1.82, 2.24) is 4.98 Å². The molecule has 0 spiro atoms. The quantitative estimate of drug-likeness (QED) is 0.394. The Labute approximate surface area is 128 Å². The van der Waals surface area contributed by atoms with E-state index >= 15 is 0 Å². The fourth-order valence-electron chi connectivity index (χ4n) is 2.10. The van der Waals surface area contributed by atoms with Crippen LogP contribution in [-0.4, -0.2) is 34.9 Å². The van der Waals surface area contributed by atoms with E-state index in [0.29, 0.717) is 19.4 Å². The smallest absolute Gasteiger partial charge is 0.328 e. The molecular weight excluding hydrogens is 280 g/mol. The molecule has 0 aliphatic carbocycles. The normalized spacial score (nSPS) is 13.1. The maximum absolute atomic E-state index is 11.1. The molecule has 1 unspecified atom stereocenters. The summed E-state index contributed by atoms with van der Waals surface area (Å²) in [6, 6.07) is 7.25. The van der Waals surface area contributed by atoms with Crippen LogP contribution >= 0.6 is 0 Å². The average molecular weight is 298 g/mol. The summed E-state index contributed by atoms with van der Waals surface area (Å²) < 4.78 is 0. The van der Waals surface area contributed by atoms with Gasteiger partial charge in [-0.05, 0) is 42.0 Å². The number of aliphatic imine (C=N–C) groups is 1. The number of aromatic nitrogens is 1. The van der Waals surface area contributed by atoms with Gasteiger partial charge >= 0.3 is 5.97 Å². The van der Waals surface area contributed by atoms with Gasteiger partial charge in [0.2, 0.25) is 0 Å². The number of aromatic amines is 1. The number of aliphatic carboxylic acids is 1. The second-order valence-corrected chi connectivity index (χ2v) is 4.86. The molecule has 22 heavy (non-hydrogen) atoms. The van der Waals surface area contributed by atoms with Crippen molar-refractivity contribution in [1.29, 1.82) is 5.53 Å². The Balaban J connectivity index is 1.96. The van der Waals surface area contributed by atoms with Crippen LogP contribution in [-0.2, 0) is 4.79 Å². The van der Waals surface area contributed by atoms with Crippen LogP contribution in [0.15, 0.2) is 46.6 Å². The fourth-order valence-corrected chi connectivity index (χ4v) is 2.10. The first-order valence-corrected chi connectivity index (χ1v) is 7.03. The lowest BCUT2D eigenvalue weighted by atomic mass is 10.1. The monoisotopic (exact) mass is 298 g/mol. The van der Waals surface area contributed by atoms with Crippen LogP contribution in [0.25, 0.3) is 17.0 Å². The van der Waals surface area contributed by atoms with Gasteiger partial charge in [0.15, 0.2) is 0 Å². The number of hydrogen-bond donors (Lipinski definition) is 3. The number of carbonyl (C=O) groups is 1. The van der Waals surface area contributed by atoms with Gasteiger partial charge < -0.3 is 10.1 Å². The summed E-state index contributed by atoms with van der Waals surface area (Å²) in [4.78, 5) is 18.2. The van der Waals surface area contributed by atoms with Crippen molar-refractivity contribution in [3.05, 3.63) is 42.1 Å². The SMILES string of the molecule is N=NCCCC(N=C/C=C/c1ccc2cc[nH]c2c1)C(=O)O. The van der Waals surface area contributed by atoms with Gasteiger partial charge in [-0.2, -0.15) is 5.11 Å². The predicted molar refractivity (Wildman–Crippen MR) is 86.5 cm³/mol. The van der Waals surface area contributed by atoms with Gasteiger partial charge in [0.05, 0.1) is 6.54 Å². The minimum Gasteiger partial charge on any atom is -0.480 e. The Morgan fingerprint density at radius 2 is 2.27 bits per heavy atom. The van der Waals surface area contributed by atoms with E-state index in [1.54, 1.807) is 6.08 Å². The third-order valence-corrected chi connectivity index (χ3v) is 3.25. The molecular formula is C16H18N4O2. The molecule has 0 saturated heterocycles. The lowest BCUT2D eigenvalue weighted by Gasteiger charge is -2.04. The zero-order valence-electron chi connectivity index (χ0n) is 12.1. The third kappa shape index (κ3) is 4.37. The zero-order chi connectivity index (χ0) is 15.8. The topological polar surface area (TPSA) is 102 Å². The van der Waals surface area contributed by atoms with Gasteiger partial charge in [0, 0.05) is 17.9 Å². The largest absolute Gasteiger partial charge is 0.480 e. The second-order valence-electron chi connectivity index (χ2n) is 4.86. The van der Waals surface area contributed by atoms with Crippen LogP contribution in [0.1, 0.15) is 18.4 Å². The van der Waals surface area contributed by atoms with Gasteiger partial charge in [0.1, 0.15) is 6.04 Å². The Hall–Kier alpha value is -2.76. The number of rotatable bonds is 8. The molecule has 114 valence electrons. The van der Waals surface area contributed by atoms with Gasteiger partial charge in [-0.3, -0.25) is 4.99 Å². The molecule has 0 bridgehead atoms. The molecule has 1 atom stereocenters. The van der Waals surface area contributed by atoms with Crippen molar-refractivity contribution in [2.75, 3.05) is 6.54 Å². The minimum absolute atomic E-state index is 0.339. The number of benzene rings is 1. The molecule has 1 aromatic heterocycles. The Morgan fingerprint density at radius 3 is 3.05 bits per heavy atom. The first kappa shape index (κ1) is 15.6. The van der Waals surface area contributed by atoms with E-state index in [0.717, 1.165) is 16.5 Å². The molecule has 0 radical (unpaired) electrons. The molecule has 2 rings (SSSR count). The number of H-pyrrole nitrogens is 1. The molecule has 0 saturated carbocycles. The van der Waals surface area contributed by atoms with E-state index < -0.39 is 12.0 Å². The number of nitrogens with zero attached hydrogens (tertiary/aromatic N) is 2. The standard InChI is InChI=1S/C16H18N4O2/c17-20-9-2-4-14(16(21)22)18-8-1-3-12-5-6-13-7-10-19-15(13)11-12/h1,3,5-8,10-11,14,17,19H,2,4,9H2,(H,21,22)/b3-1+,18-8?,20-17?. The van der Waals surface area contributed by atoms with E-state index in [2.05, 4.69) is 15.1 Å². The fraction of sp³-hybridized carbons (Fsp3) is 0.250. The summed E-state index contributed by atoms with van der Waals surface area (Å²) in [6.07, 6.45) is 7.94. The van der Waals surface area contributed by atoms with Crippen LogP contribution in [0.3, 0.4) is 0 Å². The van der Waals surface area contributed by atoms with Crippen molar-refractivity contribution >= 4 is 29.2 Å². The van der Waals surface area contributed by atoms with E-state index in [-0.39, 0.29) is 0 Å². The lowest BCUT2D eigenvalue weighted by molar-refractivity contribution is -0.138. The molecule has 0 fully saturated rings. The van der Waals surface area contributed by atoms with Crippen LogP contribution in [0.2, 0.25) is 0 Å². The van der Waals surface area contributed by atoms with Crippen LogP contribution in [0.4, 0.5) is 0 Å². The maximum Gasteiger partial charge on any atom is 0.328 e. The summed E-state index contributed by atoms with van der Waals surface area (Å²) in [6.45, 7) is 0.339. The molecule has 1 aromatic carbocycles. The number of nitrogens with one attached hydrogen (secondary N) is 2. The van der Waals surface area contributed by atoms with Gasteiger partial charge in [-0.25, -0.2) is 10.3 Å². The summed E-state index contributed by atoms with van der Waals surface area (Å²) >= 11 is 0. The first-order chi connectivity index (χ1) is 10.7. The van der Waals surface area contributed by atoms with E-state index in [9.17, 15) is 4.79 Å². The van der Waals surface area contributed by atoms with Crippen molar-refractivity contribution in [2.45, 2.75) is 18.9 Å². The Bertz CT molecular complexity index is 703. The Kier molecular flexibility index (Phi) is 5.59. The third-order valence-electron chi connectivity index (χ3n) is 3.25. The highest BCUT2D eigenvalue weighted by molar-refractivity contribution is 5.85. The number of carboxylic acids is 1. The molecule has 3 N–H and O–H groups in total. The average Bonchev–Trinajstić information content (AvgIpc) is 2.97. The second kappa shape index (κ2) is 7.87. The Morgan fingerprint density at radius 1 is 1.41 bits per heavy atom. The molecule has 6 nitrogen and oxygen atoms in total. The van der Waals surface area contributed by atoms with Gasteiger partial charge in [0.25, 0.3) is 0 Å². The summed E-state index contributed by atoms with van der Waals surface area (Å²) in [5.41, 5.74) is 8.76. The minimum atomic E-state index is -0.956. The summed E-state index contributed by atoms with van der Waals surface area (Å²) in [7, 11) is 0. The molecule has 6 heteroatoms. The summed E-state index contributed by atoms with van der Waals surface area (Å²) in [5, 5.41) is 13.4. The number of fused-ring (bicyclic) bond motifs is 1. The highest BCUT2D eigenvalue weighted by Crippen LogP contribution is 2.14. The molecule has 1 heterocycles. The van der Waals surface area contributed by atoms with Crippen molar-refractivity contribution < 1.29 is 9.90 Å². The molecule has 0 amide bonds. The highest BCUT2D eigenvalue weighted by atomic mass is 16.4. The van der Waals surface area contributed by atoms with E-state index in [4.69, 9.17) is 10.6 Å². The van der Waals surface area contributed by atoms with Crippen LogP contribution in [0, 0.1) is 5.53 Å². The van der Waals surface area contributed by atoms with E-state index in [1.165, 1.54) is 6.21 Å². The van der Waals surface area contributed by atoms with Crippen molar-refractivity contribution in [3.8, 4) is 0 Å². The van der Waals surface area contributed by atoms with Gasteiger partial charge in [-0.1, -0.05) is 18.2 Å². The highest BCUT2D eigenvalue weighted by Gasteiger charge is 2.13. The molecule has 0 aliphatic rings. The lowest BCUT2D eigenvalue weighted by Crippen LogP contribution is -2.18. The number of hydrogen-bond acceptors (Lipinski definition) is 4. The van der Waals surface area contributed by atoms with Crippen molar-refractivity contribution in [3.63, 3.8) is 0 Å². The first-order valence-electron chi connectivity index (χ1n) is 7.03. The number of carboxylic acid groups (broad SMARTS) is 1. The summed E-state index contributed by atoms with van der Waals surface area (Å²) in [5.74, 6) is -0.956. The van der Waals surface area contributed by atoms with Crippen molar-refractivity contribution in [2.24, 2.45) is 10.1 Å².